The molecule has 0 aliphatic heterocycles. The van der Waals surface area contributed by atoms with Crippen LogP contribution in [0.25, 0.3) is 23.1 Å². The summed E-state index contributed by atoms with van der Waals surface area (Å²) in [5.41, 5.74) is 1.90. The zero-order valence-electron chi connectivity index (χ0n) is 17.4. The van der Waals surface area contributed by atoms with Crippen molar-refractivity contribution in [1.82, 2.24) is 29.7 Å². The Labute approximate surface area is 183 Å². The van der Waals surface area contributed by atoms with Crippen LogP contribution in [0.4, 0.5) is 5.69 Å². The highest BCUT2D eigenvalue weighted by molar-refractivity contribution is 7.99. The fourth-order valence-electron chi connectivity index (χ4n) is 3.14. The maximum absolute atomic E-state index is 13.1. The smallest absolute Gasteiger partial charge is 0.276 e. The summed E-state index contributed by atoms with van der Waals surface area (Å²) in [5.74, 6) is 1.79. The van der Waals surface area contributed by atoms with Crippen molar-refractivity contribution in [2.75, 3.05) is 17.2 Å². The summed E-state index contributed by atoms with van der Waals surface area (Å²) in [7, 11) is 1.76. The van der Waals surface area contributed by atoms with Crippen LogP contribution in [-0.4, -0.2) is 47.9 Å². The number of carbonyl (C=O) groups is 1. The molecule has 0 aromatic carbocycles. The molecule has 0 spiro atoms. The van der Waals surface area contributed by atoms with Gasteiger partial charge in [0.2, 0.25) is 5.82 Å². The quantitative estimate of drug-likeness (QED) is 0.405. The summed E-state index contributed by atoms with van der Waals surface area (Å²) in [6, 6.07) is 7.36. The second-order valence-electron chi connectivity index (χ2n) is 6.50. The number of imidazole rings is 1. The minimum absolute atomic E-state index is 0.186. The van der Waals surface area contributed by atoms with Gasteiger partial charge in [-0.15, -0.1) is 11.8 Å². The third kappa shape index (κ3) is 4.06. The van der Waals surface area contributed by atoms with E-state index >= 15 is 0 Å². The van der Waals surface area contributed by atoms with Crippen LogP contribution in [-0.2, 0) is 7.05 Å². The van der Waals surface area contributed by atoms with Crippen LogP contribution in [0.15, 0.2) is 58.6 Å². The molecule has 10 heteroatoms. The zero-order chi connectivity index (χ0) is 21.8. The van der Waals surface area contributed by atoms with E-state index in [0.717, 1.165) is 22.0 Å². The van der Waals surface area contributed by atoms with Gasteiger partial charge in [0.1, 0.15) is 10.7 Å². The van der Waals surface area contributed by atoms with Crippen molar-refractivity contribution in [3.63, 3.8) is 0 Å². The molecule has 0 bridgehead atoms. The van der Waals surface area contributed by atoms with Crippen LogP contribution < -0.4 is 4.90 Å². The molecule has 1 amide bonds. The van der Waals surface area contributed by atoms with Gasteiger partial charge in [-0.25, -0.2) is 9.97 Å². The molecule has 0 aliphatic carbocycles. The van der Waals surface area contributed by atoms with Crippen LogP contribution in [0.5, 0.6) is 0 Å². The van der Waals surface area contributed by atoms with Gasteiger partial charge in [-0.05, 0) is 36.9 Å². The first-order valence-corrected chi connectivity index (χ1v) is 10.8. The van der Waals surface area contributed by atoms with Crippen molar-refractivity contribution in [3.8, 4) is 23.1 Å². The predicted octanol–water partition coefficient (Wildman–Crippen LogP) is 3.71. The van der Waals surface area contributed by atoms with Gasteiger partial charge in [0, 0.05) is 26.0 Å². The Morgan fingerprint density at radius 1 is 1.16 bits per heavy atom. The van der Waals surface area contributed by atoms with E-state index in [4.69, 9.17) is 4.52 Å². The summed E-state index contributed by atoms with van der Waals surface area (Å²) in [6.07, 6.45) is 6.58. The number of nitrogens with zero attached hydrogens (tertiary/aromatic N) is 7. The molecule has 0 atom stereocenters. The van der Waals surface area contributed by atoms with Gasteiger partial charge in [-0.2, -0.15) is 4.98 Å². The minimum Gasteiger partial charge on any atom is -0.333 e. The lowest BCUT2D eigenvalue weighted by Crippen LogP contribution is -2.32. The van der Waals surface area contributed by atoms with E-state index in [0.29, 0.717) is 29.8 Å². The molecule has 0 fully saturated rings. The Morgan fingerprint density at radius 2 is 2.00 bits per heavy atom. The first-order valence-electron chi connectivity index (χ1n) is 9.79. The van der Waals surface area contributed by atoms with E-state index in [1.165, 1.54) is 6.20 Å². The Balaban J connectivity index is 1.65. The van der Waals surface area contributed by atoms with Gasteiger partial charge in [0.05, 0.1) is 23.6 Å². The van der Waals surface area contributed by atoms with E-state index < -0.39 is 0 Å². The number of carbonyl (C=O) groups excluding carboxylic acids is 1. The van der Waals surface area contributed by atoms with Crippen molar-refractivity contribution in [1.29, 1.82) is 0 Å². The molecule has 0 saturated heterocycles. The van der Waals surface area contributed by atoms with Crippen LogP contribution in [0, 0.1) is 0 Å². The number of amides is 1. The molecular weight excluding hydrogens is 414 g/mol. The Hall–Kier alpha value is -3.53. The highest BCUT2D eigenvalue weighted by atomic mass is 32.2. The highest BCUT2D eigenvalue weighted by Crippen LogP contribution is 2.29. The summed E-state index contributed by atoms with van der Waals surface area (Å²) in [5, 5.41) is 4.90. The third-order valence-electron chi connectivity index (χ3n) is 4.63. The average molecular weight is 436 g/mol. The predicted molar refractivity (Wildman–Crippen MR) is 118 cm³/mol. The zero-order valence-corrected chi connectivity index (χ0v) is 18.2. The van der Waals surface area contributed by atoms with E-state index in [1.54, 1.807) is 52.9 Å². The molecule has 0 radical (unpaired) electrons. The Bertz CT molecular complexity index is 1190. The summed E-state index contributed by atoms with van der Waals surface area (Å²) in [6.45, 7) is 4.46. The summed E-state index contributed by atoms with van der Waals surface area (Å²) < 4.78 is 7.15. The van der Waals surface area contributed by atoms with Crippen molar-refractivity contribution >= 4 is 23.4 Å². The molecular formula is C21H21N7O2S. The third-order valence-corrected chi connectivity index (χ3v) is 5.52. The highest BCUT2D eigenvalue weighted by Gasteiger charge is 2.24. The largest absolute Gasteiger partial charge is 0.333 e. The molecule has 0 aliphatic rings. The lowest BCUT2D eigenvalue weighted by atomic mass is 10.3. The topological polar surface area (TPSA) is 103 Å². The number of anilines is 1. The maximum Gasteiger partial charge on any atom is 0.276 e. The van der Waals surface area contributed by atoms with Crippen LogP contribution >= 0.6 is 11.8 Å². The second-order valence-corrected chi connectivity index (χ2v) is 7.75. The van der Waals surface area contributed by atoms with Crippen molar-refractivity contribution in [3.05, 3.63) is 54.7 Å². The van der Waals surface area contributed by atoms with Gasteiger partial charge >= 0.3 is 0 Å². The molecule has 4 rings (SSSR count). The van der Waals surface area contributed by atoms with Gasteiger partial charge in [0.25, 0.3) is 11.8 Å². The normalized spacial score (nSPS) is 10.9. The maximum atomic E-state index is 13.1. The molecule has 4 aromatic heterocycles. The molecule has 0 N–H and O–H groups in total. The first-order chi connectivity index (χ1) is 15.1. The lowest BCUT2D eigenvalue weighted by molar-refractivity contribution is 0.0980. The number of pyridine rings is 2. The van der Waals surface area contributed by atoms with Gasteiger partial charge < -0.3 is 14.0 Å². The van der Waals surface area contributed by atoms with Crippen molar-refractivity contribution in [2.24, 2.45) is 7.05 Å². The van der Waals surface area contributed by atoms with Crippen LogP contribution in [0.2, 0.25) is 0 Å². The van der Waals surface area contributed by atoms with E-state index in [9.17, 15) is 4.79 Å². The number of thioether (sulfide) groups is 1. The van der Waals surface area contributed by atoms with E-state index in [-0.39, 0.29) is 5.91 Å². The number of hydrogen-bond donors (Lipinski definition) is 0. The number of aromatic nitrogens is 6. The molecule has 4 aromatic rings. The average Bonchev–Trinajstić information content (AvgIpc) is 3.42. The number of rotatable bonds is 7. The minimum atomic E-state index is -0.186. The Morgan fingerprint density at radius 3 is 2.74 bits per heavy atom. The fraction of sp³-hybridized carbons (Fsp3) is 0.238. The van der Waals surface area contributed by atoms with E-state index in [2.05, 4.69) is 32.0 Å². The summed E-state index contributed by atoms with van der Waals surface area (Å²) in [4.78, 5) is 32.2. The summed E-state index contributed by atoms with van der Waals surface area (Å²) >= 11 is 1.60. The molecule has 9 nitrogen and oxygen atoms in total. The molecule has 31 heavy (non-hydrogen) atoms. The monoisotopic (exact) mass is 435 g/mol. The van der Waals surface area contributed by atoms with Crippen LogP contribution in [0.1, 0.15) is 24.3 Å². The van der Waals surface area contributed by atoms with Gasteiger partial charge in [0.15, 0.2) is 5.82 Å². The van der Waals surface area contributed by atoms with Gasteiger partial charge in [-0.3, -0.25) is 9.78 Å². The van der Waals surface area contributed by atoms with E-state index in [1.807, 2.05) is 25.1 Å². The van der Waals surface area contributed by atoms with Crippen LogP contribution in [0.3, 0.4) is 0 Å². The fourth-order valence-corrected chi connectivity index (χ4v) is 3.86. The standard InChI is InChI=1S/C21H21N7O2S/c1-4-28(14-8-6-10-22-12-14)21(29)16-13-24-18(27(16)3)17-25-19(30-26-17)15-9-7-11-23-20(15)31-5-2/h6-13H,4-5H2,1-3H3. The molecule has 158 valence electrons. The van der Waals surface area contributed by atoms with Crippen molar-refractivity contribution in [2.45, 2.75) is 18.9 Å². The lowest BCUT2D eigenvalue weighted by Gasteiger charge is -2.20. The molecule has 0 saturated carbocycles. The molecule has 0 unspecified atom stereocenters. The molecule has 4 heterocycles. The second kappa shape index (κ2) is 9.09. The number of hydrogen-bond acceptors (Lipinski definition) is 8. The van der Waals surface area contributed by atoms with Crippen molar-refractivity contribution < 1.29 is 9.32 Å². The first kappa shape index (κ1) is 20.7. The Kier molecular flexibility index (Phi) is 6.08. The van der Waals surface area contributed by atoms with Gasteiger partial charge in [-0.1, -0.05) is 12.1 Å². The SMILES string of the molecule is CCSc1ncccc1-c1nc(-c2ncc(C(=O)N(CC)c3cccnc3)n2C)no1.